The van der Waals surface area contributed by atoms with E-state index in [1.807, 2.05) is 6.92 Å². The molecule has 0 saturated heterocycles. The molecule has 0 aliphatic carbocycles. The summed E-state index contributed by atoms with van der Waals surface area (Å²) in [6.45, 7) is 4.55. The molecule has 0 radical (unpaired) electrons. The first-order valence-electron chi connectivity index (χ1n) is 4.30. The van der Waals surface area contributed by atoms with Gasteiger partial charge in [0.25, 0.3) is 0 Å². The van der Waals surface area contributed by atoms with Crippen molar-refractivity contribution in [2.24, 2.45) is 11.3 Å². The molecule has 0 aromatic carbocycles. The largest absolute Gasteiger partial charge is 0.383 e. The maximum atomic E-state index is 10.6. The topological polar surface area (TPSA) is 57.5 Å². The average molecular weight is 226 g/mol. The van der Waals surface area contributed by atoms with Gasteiger partial charge in [-0.2, -0.15) is 0 Å². The van der Waals surface area contributed by atoms with Crippen molar-refractivity contribution in [3.8, 4) is 0 Å². The van der Waals surface area contributed by atoms with Gasteiger partial charge in [-0.25, -0.2) is 4.57 Å². The van der Waals surface area contributed by atoms with E-state index in [0.717, 1.165) is 17.8 Å². The van der Waals surface area contributed by atoms with E-state index in [2.05, 4.69) is 20.8 Å². The summed E-state index contributed by atoms with van der Waals surface area (Å²) in [5, 5.41) is 0. The van der Waals surface area contributed by atoms with Crippen LogP contribution in [0, 0.1) is 11.3 Å². The number of hydrogen-bond acceptors (Lipinski definition) is 2. The second-order valence-corrected chi connectivity index (χ2v) is 8.43. The van der Waals surface area contributed by atoms with Gasteiger partial charge in [-0.3, -0.25) is 0 Å². The molecule has 0 spiro atoms. The second-order valence-electron chi connectivity index (χ2n) is 4.66. The third-order valence-electron chi connectivity index (χ3n) is 1.49. The Morgan fingerprint density at radius 1 is 1.38 bits per heavy atom. The van der Waals surface area contributed by atoms with E-state index in [0.29, 0.717) is 11.7 Å². The van der Waals surface area contributed by atoms with Crippen molar-refractivity contribution in [2.75, 3.05) is 5.75 Å². The fourth-order valence-electron chi connectivity index (χ4n) is 1.33. The van der Waals surface area contributed by atoms with E-state index < -0.39 is 6.80 Å². The van der Waals surface area contributed by atoms with Crippen LogP contribution in [-0.2, 0) is 4.57 Å². The molecule has 1 atom stereocenters. The van der Waals surface area contributed by atoms with Gasteiger partial charge in [0.05, 0.1) is 0 Å². The predicted octanol–water partition coefficient (Wildman–Crippen LogP) is 2.88. The SMILES string of the molecule is CC(CSP(=O)(O)O)CC(C)(C)C. The molecule has 0 aliphatic rings. The first-order chi connectivity index (χ1) is 5.60. The first kappa shape index (κ1) is 13.5. The lowest BCUT2D eigenvalue weighted by molar-refractivity contribution is 0.323. The highest BCUT2D eigenvalue weighted by molar-refractivity contribution is 8.54. The fraction of sp³-hybridized carbons (Fsp3) is 1.00. The zero-order valence-corrected chi connectivity index (χ0v) is 10.4. The predicted molar refractivity (Wildman–Crippen MR) is 57.7 cm³/mol. The van der Waals surface area contributed by atoms with Crippen LogP contribution in [0.4, 0.5) is 0 Å². The van der Waals surface area contributed by atoms with Crippen molar-refractivity contribution < 1.29 is 14.4 Å². The van der Waals surface area contributed by atoms with Gasteiger partial charge in [0.1, 0.15) is 0 Å². The summed E-state index contributed by atoms with van der Waals surface area (Å²) < 4.78 is 10.6. The van der Waals surface area contributed by atoms with Crippen LogP contribution in [0.15, 0.2) is 0 Å². The van der Waals surface area contributed by atoms with Crippen LogP contribution in [0.3, 0.4) is 0 Å². The number of rotatable bonds is 4. The molecule has 80 valence electrons. The quantitative estimate of drug-likeness (QED) is 0.724. The molecule has 0 heterocycles. The van der Waals surface area contributed by atoms with Gasteiger partial charge in [0, 0.05) is 5.75 Å². The lowest BCUT2D eigenvalue weighted by atomic mass is 9.86. The molecule has 0 aromatic rings. The molecule has 0 rings (SSSR count). The minimum Gasteiger partial charge on any atom is -0.317 e. The Kier molecular flexibility index (Phi) is 5.02. The molecular formula is C8H19O3PS. The van der Waals surface area contributed by atoms with E-state index >= 15 is 0 Å². The smallest absolute Gasteiger partial charge is 0.317 e. The average Bonchev–Trinajstić information content (AvgIpc) is 1.78. The van der Waals surface area contributed by atoms with Crippen LogP contribution in [0.2, 0.25) is 0 Å². The van der Waals surface area contributed by atoms with Gasteiger partial charge >= 0.3 is 6.80 Å². The summed E-state index contributed by atoms with van der Waals surface area (Å²) in [6.07, 6.45) is 0.986. The van der Waals surface area contributed by atoms with Gasteiger partial charge < -0.3 is 9.79 Å². The molecule has 5 heteroatoms. The molecule has 0 aliphatic heterocycles. The summed E-state index contributed by atoms with van der Waals surface area (Å²) in [5.41, 5.74) is 0.231. The Hall–Kier alpha value is 0.500. The van der Waals surface area contributed by atoms with E-state index in [1.165, 1.54) is 0 Å². The Morgan fingerprint density at radius 3 is 2.15 bits per heavy atom. The fourth-order valence-corrected chi connectivity index (χ4v) is 3.24. The second kappa shape index (κ2) is 4.83. The molecule has 0 saturated carbocycles. The molecule has 0 bridgehead atoms. The van der Waals surface area contributed by atoms with Gasteiger partial charge in [-0.05, 0) is 29.1 Å². The molecule has 0 fully saturated rings. The van der Waals surface area contributed by atoms with Crippen molar-refractivity contribution in [1.82, 2.24) is 0 Å². The lowest BCUT2D eigenvalue weighted by Crippen LogP contribution is -2.12. The maximum Gasteiger partial charge on any atom is 0.383 e. The van der Waals surface area contributed by atoms with E-state index in [-0.39, 0.29) is 5.41 Å². The van der Waals surface area contributed by atoms with E-state index in [9.17, 15) is 4.57 Å². The minimum absolute atomic E-state index is 0.231. The summed E-state index contributed by atoms with van der Waals surface area (Å²) in [7, 11) is 0. The maximum absolute atomic E-state index is 10.6. The molecule has 1 unspecified atom stereocenters. The molecule has 13 heavy (non-hydrogen) atoms. The van der Waals surface area contributed by atoms with Crippen LogP contribution in [-0.4, -0.2) is 15.5 Å². The molecule has 2 N–H and O–H groups in total. The molecule has 0 amide bonds. The molecular weight excluding hydrogens is 207 g/mol. The third kappa shape index (κ3) is 10.4. The van der Waals surface area contributed by atoms with Crippen LogP contribution in [0.5, 0.6) is 0 Å². The standard InChI is InChI=1S/C8H19O3PS/c1-7(5-8(2,3)4)6-13-12(9,10)11/h7H,5-6H2,1-4H3,(H2,9,10,11). The Bertz CT molecular complexity index is 194. The van der Waals surface area contributed by atoms with Crippen LogP contribution in [0.1, 0.15) is 34.1 Å². The van der Waals surface area contributed by atoms with Crippen molar-refractivity contribution in [2.45, 2.75) is 34.1 Å². The first-order valence-corrected chi connectivity index (χ1v) is 7.50. The van der Waals surface area contributed by atoms with Gasteiger partial charge in [-0.1, -0.05) is 27.7 Å². The Labute approximate surface area is 84.2 Å². The van der Waals surface area contributed by atoms with Crippen LogP contribution < -0.4 is 0 Å². The summed E-state index contributed by atoms with van der Waals surface area (Å²) in [6, 6.07) is 0. The Balaban J connectivity index is 3.77. The third-order valence-corrected chi connectivity index (χ3v) is 4.00. The minimum atomic E-state index is -3.87. The van der Waals surface area contributed by atoms with Gasteiger partial charge in [-0.15, -0.1) is 0 Å². The van der Waals surface area contributed by atoms with Crippen molar-refractivity contribution >= 4 is 18.2 Å². The molecule has 0 aromatic heterocycles. The normalized spacial score (nSPS) is 15.8. The number of hydrogen-bond donors (Lipinski definition) is 2. The summed E-state index contributed by atoms with van der Waals surface area (Å²) in [5.74, 6) is 0.874. The van der Waals surface area contributed by atoms with Crippen LogP contribution >= 0.6 is 18.2 Å². The highest BCUT2D eigenvalue weighted by atomic mass is 32.7. The zero-order valence-electron chi connectivity index (χ0n) is 8.65. The van der Waals surface area contributed by atoms with E-state index in [4.69, 9.17) is 9.79 Å². The molecule has 3 nitrogen and oxygen atoms in total. The van der Waals surface area contributed by atoms with Crippen LogP contribution in [0.25, 0.3) is 0 Å². The zero-order chi connectivity index (χ0) is 10.7. The van der Waals surface area contributed by atoms with E-state index in [1.54, 1.807) is 0 Å². The van der Waals surface area contributed by atoms with Gasteiger partial charge in [0.15, 0.2) is 0 Å². The highest BCUT2D eigenvalue weighted by Crippen LogP contribution is 2.51. The lowest BCUT2D eigenvalue weighted by Gasteiger charge is -2.22. The Morgan fingerprint density at radius 2 is 1.85 bits per heavy atom. The summed E-state index contributed by atoms with van der Waals surface area (Å²) in [4.78, 5) is 17.3. The van der Waals surface area contributed by atoms with Crippen molar-refractivity contribution in [3.05, 3.63) is 0 Å². The van der Waals surface area contributed by atoms with Gasteiger partial charge in [0.2, 0.25) is 0 Å². The monoisotopic (exact) mass is 226 g/mol. The van der Waals surface area contributed by atoms with Crippen molar-refractivity contribution in [3.63, 3.8) is 0 Å². The summed E-state index contributed by atoms with van der Waals surface area (Å²) >= 11 is 0.749. The highest BCUT2D eigenvalue weighted by Gasteiger charge is 2.19. The van der Waals surface area contributed by atoms with Crippen molar-refractivity contribution in [1.29, 1.82) is 0 Å².